The quantitative estimate of drug-likeness (QED) is 0.675. The van der Waals surface area contributed by atoms with Gasteiger partial charge in [0.2, 0.25) is 0 Å². The van der Waals surface area contributed by atoms with Crippen LogP contribution in [-0.4, -0.2) is 23.5 Å². The van der Waals surface area contributed by atoms with E-state index in [9.17, 15) is 13.6 Å². The molecular formula is C18H20F2N2O3. The molecule has 0 aliphatic heterocycles. The number of rotatable bonds is 3. The lowest BCUT2D eigenvalue weighted by Crippen LogP contribution is -2.01. The first-order valence-corrected chi connectivity index (χ1v) is 7.59. The summed E-state index contributed by atoms with van der Waals surface area (Å²) in [4.78, 5) is 14.9. The number of nitrogens with one attached hydrogen (secondary N) is 1. The van der Waals surface area contributed by atoms with Gasteiger partial charge in [-0.05, 0) is 30.7 Å². The topological polar surface area (TPSA) is 75.4 Å². The highest BCUT2D eigenvalue weighted by molar-refractivity contribution is 5.94. The fourth-order valence-electron chi connectivity index (χ4n) is 2.06. The summed E-state index contributed by atoms with van der Waals surface area (Å²) in [5, 5.41) is 9.61. The molecule has 0 bridgehead atoms. The first-order valence-electron chi connectivity index (χ1n) is 7.59. The molecule has 0 saturated carbocycles. The van der Waals surface area contributed by atoms with Crippen molar-refractivity contribution in [3.8, 4) is 0 Å². The van der Waals surface area contributed by atoms with E-state index in [1.807, 2.05) is 13.8 Å². The number of nitrogens with zero attached hydrogens (tertiary/aromatic N) is 1. The lowest BCUT2D eigenvalue weighted by atomic mass is 10.1. The first kappa shape index (κ1) is 20.2. The normalized spacial score (nSPS) is 9.56. The minimum absolute atomic E-state index is 0.0179. The van der Waals surface area contributed by atoms with Gasteiger partial charge in [-0.2, -0.15) is 0 Å². The number of halogens is 2. The average molecular weight is 350 g/mol. The monoisotopic (exact) mass is 350 g/mol. The third-order valence-electron chi connectivity index (χ3n) is 3.11. The van der Waals surface area contributed by atoms with E-state index in [0.29, 0.717) is 6.29 Å². The van der Waals surface area contributed by atoms with Crippen LogP contribution >= 0.6 is 0 Å². The van der Waals surface area contributed by atoms with E-state index < -0.39 is 11.6 Å². The van der Waals surface area contributed by atoms with Crippen molar-refractivity contribution in [1.29, 1.82) is 0 Å². The van der Waals surface area contributed by atoms with Gasteiger partial charge in [0.05, 0.1) is 11.4 Å². The van der Waals surface area contributed by atoms with Crippen molar-refractivity contribution >= 4 is 28.8 Å². The molecule has 0 atom stereocenters. The Balaban J connectivity index is 0.000000730. The molecule has 0 unspecified atom stereocenters. The van der Waals surface area contributed by atoms with E-state index in [-0.39, 0.29) is 28.0 Å². The van der Waals surface area contributed by atoms with Crippen LogP contribution in [0.15, 0.2) is 35.1 Å². The number of aromatic nitrogens is 1. The van der Waals surface area contributed by atoms with E-state index in [0.717, 1.165) is 19.1 Å². The Bertz CT molecular complexity index is 848. The Hall–Kier alpha value is -2.80. The second-order valence-electron chi connectivity index (χ2n) is 4.58. The van der Waals surface area contributed by atoms with E-state index in [2.05, 4.69) is 10.3 Å². The number of carbonyl (C=O) groups excluding carboxylic acids is 1. The Morgan fingerprint density at radius 3 is 2.48 bits per heavy atom. The Kier molecular flexibility index (Phi) is 7.68. The number of hydrogen-bond donors (Lipinski definition) is 2. The minimum atomic E-state index is -0.761. The third kappa shape index (κ3) is 4.39. The number of benzene rings is 2. The van der Waals surface area contributed by atoms with Crippen LogP contribution in [0.4, 0.5) is 20.2 Å². The zero-order valence-corrected chi connectivity index (χ0v) is 14.4. The van der Waals surface area contributed by atoms with Gasteiger partial charge in [-0.1, -0.05) is 19.9 Å². The van der Waals surface area contributed by atoms with Crippen molar-refractivity contribution in [3.05, 3.63) is 53.4 Å². The number of aliphatic hydroxyl groups excluding tert-OH is 1. The number of fused-ring (bicyclic) bond motifs is 1. The van der Waals surface area contributed by atoms with Gasteiger partial charge in [0.1, 0.15) is 11.3 Å². The molecule has 2 aromatic carbocycles. The third-order valence-corrected chi connectivity index (χ3v) is 3.11. The molecule has 5 nitrogen and oxygen atoms in total. The standard InChI is InChI=1S/C15H10F2N2O2.C2H6.CH4O/c1-8-2-3-11(10(16)4-8)19-14-9(6-20)5-12-15(13(14)17)18-7-21-12;2*1-2/h2-7,19H,1H3;1-2H3;2H,1H3. The molecule has 0 spiro atoms. The maximum absolute atomic E-state index is 14.4. The highest BCUT2D eigenvalue weighted by atomic mass is 19.1. The minimum Gasteiger partial charge on any atom is -0.443 e. The summed E-state index contributed by atoms with van der Waals surface area (Å²) in [7, 11) is 1.00. The van der Waals surface area contributed by atoms with Gasteiger partial charge >= 0.3 is 0 Å². The number of aryl methyl sites for hydroxylation is 1. The van der Waals surface area contributed by atoms with Crippen molar-refractivity contribution in [2.45, 2.75) is 20.8 Å². The van der Waals surface area contributed by atoms with E-state index in [1.165, 1.54) is 18.2 Å². The van der Waals surface area contributed by atoms with Crippen LogP contribution in [0.1, 0.15) is 29.8 Å². The molecule has 0 fully saturated rings. The molecule has 0 amide bonds. The van der Waals surface area contributed by atoms with Gasteiger partial charge in [-0.15, -0.1) is 0 Å². The first-order chi connectivity index (χ1) is 12.1. The smallest absolute Gasteiger partial charge is 0.182 e. The van der Waals surface area contributed by atoms with Crippen LogP contribution in [-0.2, 0) is 0 Å². The van der Waals surface area contributed by atoms with Gasteiger partial charge in [0.15, 0.2) is 24.1 Å². The molecule has 0 aliphatic rings. The molecule has 2 N–H and O–H groups in total. The summed E-state index contributed by atoms with van der Waals surface area (Å²) >= 11 is 0. The highest BCUT2D eigenvalue weighted by Crippen LogP contribution is 2.30. The molecular weight excluding hydrogens is 330 g/mol. The van der Waals surface area contributed by atoms with Crippen LogP contribution in [0.5, 0.6) is 0 Å². The maximum Gasteiger partial charge on any atom is 0.182 e. The lowest BCUT2D eigenvalue weighted by molar-refractivity contribution is 0.112. The molecule has 3 aromatic rings. The molecule has 1 heterocycles. The predicted molar refractivity (Wildman–Crippen MR) is 93.3 cm³/mol. The summed E-state index contributed by atoms with van der Waals surface area (Å²) in [5.41, 5.74) is 0.845. The van der Waals surface area contributed by atoms with Crippen LogP contribution in [0.3, 0.4) is 0 Å². The Morgan fingerprint density at radius 1 is 1.20 bits per heavy atom. The lowest BCUT2D eigenvalue weighted by Gasteiger charge is -2.11. The van der Waals surface area contributed by atoms with Crippen molar-refractivity contribution < 1.29 is 23.1 Å². The summed E-state index contributed by atoms with van der Waals surface area (Å²) < 4.78 is 33.2. The zero-order chi connectivity index (χ0) is 19.0. The van der Waals surface area contributed by atoms with E-state index in [1.54, 1.807) is 13.0 Å². The van der Waals surface area contributed by atoms with Crippen molar-refractivity contribution in [3.63, 3.8) is 0 Å². The maximum atomic E-state index is 14.4. The predicted octanol–water partition coefficient (Wildman–Crippen LogP) is 4.61. The SMILES string of the molecule is CC.CO.Cc1ccc(Nc2c(C=O)cc3ocnc3c2F)c(F)c1. The number of aldehydes is 1. The van der Waals surface area contributed by atoms with Gasteiger partial charge in [-0.3, -0.25) is 4.79 Å². The molecule has 0 aliphatic carbocycles. The molecule has 134 valence electrons. The summed E-state index contributed by atoms with van der Waals surface area (Å²) in [6.07, 6.45) is 1.55. The number of aliphatic hydroxyl groups is 1. The van der Waals surface area contributed by atoms with Crippen molar-refractivity contribution in [2.75, 3.05) is 12.4 Å². The second kappa shape index (κ2) is 9.48. The van der Waals surface area contributed by atoms with Gasteiger partial charge < -0.3 is 14.8 Å². The largest absolute Gasteiger partial charge is 0.443 e. The average Bonchev–Trinajstić information content (AvgIpc) is 3.11. The molecule has 7 heteroatoms. The van der Waals surface area contributed by atoms with Crippen LogP contribution in [0.2, 0.25) is 0 Å². The van der Waals surface area contributed by atoms with E-state index >= 15 is 0 Å². The summed E-state index contributed by atoms with van der Waals surface area (Å²) in [6.45, 7) is 5.74. The molecule has 25 heavy (non-hydrogen) atoms. The summed E-state index contributed by atoms with van der Waals surface area (Å²) in [5.74, 6) is -1.30. The fourth-order valence-corrected chi connectivity index (χ4v) is 2.06. The second-order valence-corrected chi connectivity index (χ2v) is 4.58. The Labute approximate surface area is 144 Å². The molecule has 1 aromatic heterocycles. The molecule has 0 saturated heterocycles. The van der Waals surface area contributed by atoms with Crippen molar-refractivity contribution in [2.24, 2.45) is 0 Å². The fraction of sp³-hybridized carbons (Fsp3) is 0.222. The van der Waals surface area contributed by atoms with Crippen LogP contribution in [0, 0.1) is 18.6 Å². The number of carbonyl (C=O) groups is 1. The van der Waals surface area contributed by atoms with Gasteiger partial charge in [0.25, 0.3) is 0 Å². The van der Waals surface area contributed by atoms with Gasteiger partial charge in [-0.25, -0.2) is 13.8 Å². The number of hydrogen-bond acceptors (Lipinski definition) is 5. The Morgan fingerprint density at radius 2 is 1.88 bits per heavy atom. The number of oxazole rings is 1. The zero-order valence-electron chi connectivity index (χ0n) is 14.4. The van der Waals surface area contributed by atoms with Crippen LogP contribution < -0.4 is 5.32 Å². The van der Waals surface area contributed by atoms with Crippen LogP contribution in [0.25, 0.3) is 11.1 Å². The van der Waals surface area contributed by atoms with Crippen molar-refractivity contribution in [1.82, 2.24) is 4.98 Å². The molecule has 0 radical (unpaired) electrons. The highest BCUT2D eigenvalue weighted by Gasteiger charge is 2.17. The summed E-state index contributed by atoms with van der Waals surface area (Å²) in [6, 6.07) is 5.83. The molecule has 3 rings (SSSR count). The van der Waals surface area contributed by atoms with E-state index in [4.69, 9.17) is 9.52 Å². The van der Waals surface area contributed by atoms with Gasteiger partial charge in [0, 0.05) is 12.7 Å². The number of anilines is 2.